The molecule has 0 saturated carbocycles. The molecule has 0 amide bonds. The van der Waals surface area contributed by atoms with Crippen molar-refractivity contribution >= 4 is 16.0 Å². The second-order valence-corrected chi connectivity index (χ2v) is 6.21. The summed E-state index contributed by atoms with van der Waals surface area (Å²) in [6.07, 6.45) is 0.348. The minimum absolute atomic E-state index is 0.0953. The summed E-state index contributed by atoms with van der Waals surface area (Å²) in [4.78, 5) is 10.8. The number of esters is 1. The molecule has 17 heavy (non-hydrogen) atoms. The highest BCUT2D eigenvalue weighted by Gasteiger charge is 2.20. The van der Waals surface area contributed by atoms with Crippen LogP contribution in [0, 0.1) is 0 Å². The van der Waals surface area contributed by atoms with E-state index >= 15 is 0 Å². The van der Waals surface area contributed by atoms with E-state index in [9.17, 15) is 13.2 Å². The zero-order chi connectivity index (χ0) is 13.5. The van der Waals surface area contributed by atoms with Crippen LogP contribution in [0.4, 0.5) is 0 Å². The van der Waals surface area contributed by atoms with Crippen LogP contribution in [-0.4, -0.2) is 46.5 Å². The van der Waals surface area contributed by atoms with Gasteiger partial charge in [0.1, 0.15) is 0 Å². The topological polar surface area (TPSA) is 81.7 Å². The second kappa shape index (κ2) is 6.93. The molecule has 0 aliphatic heterocycles. The van der Waals surface area contributed by atoms with Crippen LogP contribution in [0.1, 0.15) is 26.7 Å². The van der Waals surface area contributed by atoms with Gasteiger partial charge in [-0.05, 0) is 20.3 Å². The highest BCUT2D eigenvalue weighted by molar-refractivity contribution is 7.89. The lowest BCUT2D eigenvalue weighted by Gasteiger charge is -2.22. The lowest BCUT2D eigenvalue weighted by molar-refractivity contribution is -0.140. The SMILES string of the molecule is COC(=O)CCCS(=O)(=O)NCC(C)(C)OC. The number of carbonyl (C=O) groups is 1. The summed E-state index contributed by atoms with van der Waals surface area (Å²) in [5.74, 6) is -0.501. The molecule has 0 aromatic carbocycles. The summed E-state index contributed by atoms with van der Waals surface area (Å²) in [5.41, 5.74) is -0.546. The van der Waals surface area contributed by atoms with Gasteiger partial charge in [-0.15, -0.1) is 0 Å². The van der Waals surface area contributed by atoms with Gasteiger partial charge >= 0.3 is 5.97 Å². The smallest absolute Gasteiger partial charge is 0.305 e. The third kappa shape index (κ3) is 8.12. The van der Waals surface area contributed by atoms with Crippen LogP contribution >= 0.6 is 0 Å². The Morgan fingerprint density at radius 3 is 2.35 bits per heavy atom. The van der Waals surface area contributed by atoms with Crippen LogP contribution in [-0.2, 0) is 24.3 Å². The number of hydrogen-bond acceptors (Lipinski definition) is 5. The molecular weight excluding hydrogens is 246 g/mol. The van der Waals surface area contributed by atoms with E-state index in [0.29, 0.717) is 0 Å². The van der Waals surface area contributed by atoms with Crippen LogP contribution in [0.15, 0.2) is 0 Å². The summed E-state index contributed by atoms with van der Waals surface area (Å²) in [6.45, 7) is 3.76. The first kappa shape index (κ1) is 16.3. The van der Waals surface area contributed by atoms with Crippen molar-refractivity contribution in [3.05, 3.63) is 0 Å². The highest BCUT2D eigenvalue weighted by Crippen LogP contribution is 2.06. The summed E-state index contributed by atoms with van der Waals surface area (Å²) in [5, 5.41) is 0. The van der Waals surface area contributed by atoms with Gasteiger partial charge in [-0.1, -0.05) is 0 Å². The van der Waals surface area contributed by atoms with E-state index in [0.717, 1.165) is 0 Å². The Morgan fingerprint density at radius 2 is 1.88 bits per heavy atom. The van der Waals surface area contributed by atoms with Crippen molar-refractivity contribution in [1.82, 2.24) is 4.72 Å². The van der Waals surface area contributed by atoms with Gasteiger partial charge in [-0.3, -0.25) is 4.79 Å². The fourth-order valence-corrected chi connectivity index (χ4v) is 2.17. The van der Waals surface area contributed by atoms with E-state index in [1.807, 2.05) is 0 Å². The summed E-state index contributed by atoms with van der Waals surface area (Å²) >= 11 is 0. The van der Waals surface area contributed by atoms with Crippen molar-refractivity contribution in [2.75, 3.05) is 26.5 Å². The molecule has 0 aliphatic carbocycles. The molecule has 0 aromatic heterocycles. The maximum Gasteiger partial charge on any atom is 0.305 e. The van der Waals surface area contributed by atoms with Crippen molar-refractivity contribution in [1.29, 1.82) is 0 Å². The first-order valence-electron chi connectivity index (χ1n) is 5.32. The molecule has 0 aromatic rings. The number of hydrogen-bond donors (Lipinski definition) is 1. The molecule has 0 unspecified atom stereocenters. The van der Waals surface area contributed by atoms with Crippen LogP contribution in [0.5, 0.6) is 0 Å². The Balaban J connectivity index is 4.01. The summed E-state index contributed by atoms with van der Waals surface area (Å²) in [6, 6.07) is 0. The van der Waals surface area contributed by atoms with Crippen molar-refractivity contribution in [3.8, 4) is 0 Å². The molecule has 0 heterocycles. The van der Waals surface area contributed by atoms with Gasteiger partial charge < -0.3 is 9.47 Å². The third-order valence-corrected chi connectivity index (χ3v) is 3.70. The predicted molar refractivity (Wildman–Crippen MR) is 64.1 cm³/mol. The quantitative estimate of drug-likeness (QED) is 0.639. The Labute approximate surface area is 103 Å². The average molecular weight is 267 g/mol. The predicted octanol–water partition coefficient (Wildman–Crippen LogP) is 0.284. The molecule has 0 rings (SSSR count). The molecule has 0 fully saturated rings. The van der Waals surface area contributed by atoms with E-state index in [1.54, 1.807) is 13.8 Å². The maximum atomic E-state index is 11.5. The zero-order valence-electron chi connectivity index (χ0n) is 10.8. The molecule has 0 aliphatic rings. The largest absolute Gasteiger partial charge is 0.469 e. The van der Waals surface area contributed by atoms with Crippen molar-refractivity contribution in [2.24, 2.45) is 0 Å². The van der Waals surface area contributed by atoms with Gasteiger partial charge in [0.25, 0.3) is 0 Å². The second-order valence-electron chi connectivity index (χ2n) is 4.28. The van der Waals surface area contributed by atoms with Crippen LogP contribution in [0.3, 0.4) is 0 Å². The van der Waals surface area contributed by atoms with Gasteiger partial charge in [-0.2, -0.15) is 0 Å². The van der Waals surface area contributed by atoms with E-state index in [1.165, 1.54) is 14.2 Å². The van der Waals surface area contributed by atoms with Gasteiger partial charge in [0.15, 0.2) is 0 Å². The molecule has 102 valence electrons. The van der Waals surface area contributed by atoms with Crippen molar-refractivity contribution in [2.45, 2.75) is 32.3 Å². The maximum absolute atomic E-state index is 11.5. The lowest BCUT2D eigenvalue weighted by atomic mass is 10.1. The van der Waals surface area contributed by atoms with Crippen molar-refractivity contribution < 1.29 is 22.7 Å². The van der Waals surface area contributed by atoms with Gasteiger partial charge in [-0.25, -0.2) is 13.1 Å². The van der Waals surface area contributed by atoms with E-state index in [2.05, 4.69) is 9.46 Å². The molecule has 6 nitrogen and oxygen atoms in total. The number of methoxy groups -OCH3 is 2. The Hall–Kier alpha value is -0.660. The number of carbonyl (C=O) groups excluding carboxylic acids is 1. The molecule has 0 atom stereocenters. The molecule has 0 radical (unpaired) electrons. The normalized spacial score (nSPS) is 12.5. The molecular formula is C10H21NO5S. The first-order valence-corrected chi connectivity index (χ1v) is 6.97. The molecule has 1 N–H and O–H groups in total. The standard InChI is InChI=1S/C10H21NO5S/c1-10(2,16-4)8-11-17(13,14)7-5-6-9(12)15-3/h11H,5-8H2,1-4H3. The Kier molecular flexibility index (Phi) is 6.66. The monoisotopic (exact) mass is 267 g/mol. The van der Waals surface area contributed by atoms with E-state index in [4.69, 9.17) is 4.74 Å². The molecule has 7 heteroatoms. The van der Waals surface area contributed by atoms with Crippen molar-refractivity contribution in [3.63, 3.8) is 0 Å². The van der Waals surface area contributed by atoms with E-state index < -0.39 is 21.6 Å². The first-order chi connectivity index (χ1) is 7.72. The summed E-state index contributed by atoms with van der Waals surface area (Å²) in [7, 11) is -0.573. The lowest BCUT2D eigenvalue weighted by Crippen LogP contribution is -2.40. The minimum Gasteiger partial charge on any atom is -0.469 e. The van der Waals surface area contributed by atoms with Gasteiger partial charge in [0.05, 0.1) is 18.5 Å². The van der Waals surface area contributed by atoms with Crippen LogP contribution < -0.4 is 4.72 Å². The molecule has 0 saturated heterocycles. The number of ether oxygens (including phenoxy) is 2. The third-order valence-electron chi connectivity index (χ3n) is 2.29. The fraction of sp³-hybridized carbons (Fsp3) is 0.900. The number of nitrogens with one attached hydrogen (secondary N) is 1. The van der Waals surface area contributed by atoms with Gasteiger partial charge in [0, 0.05) is 20.1 Å². The fourth-order valence-electron chi connectivity index (χ4n) is 0.937. The minimum atomic E-state index is -3.37. The highest BCUT2D eigenvalue weighted by atomic mass is 32.2. The van der Waals surface area contributed by atoms with Crippen LogP contribution in [0.25, 0.3) is 0 Å². The number of rotatable bonds is 8. The summed E-state index contributed by atoms with van der Waals surface area (Å²) < 4.78 is 35.0. The molecule has 0 spiro atoms. The Morgan fingerprint density at radius 1 is 1.29 bits per heavy atom. The number of sulfonamides is 1. The zero-order valence-corrected chi connectivity index (χ0v) is 11.6. The van der Waals surface area contributed by atoms with Gasteiger partial charge in [0.2, 0.25) is 10.0 Å². The molecule has 0 bridgehead atoms. The average Bonchev–Trinajstić information content (AvgIpc) is 2.26. The van der Waals surface area contributed by atoms with Crippen LogP contribution in [0.2, 0.25) is 0 Å². The van der Waals surface area contributed by atoms with E-state index in [-0.39, 0.29) is 25.1 Å². The Bertz CT molecular complexity index is 337.